The zero-order valence-electron chi connectivity index (χ0n) is 13.2. The van der Waals surface area contributed by atoms with Crippen LogP contribution in [0.15, 0.2) is 24.3 Å². The highest BCUT2D eigenvalue weighted by atomic mass is 35.5. The summed E-state index contributed by atoms with van der Waals surface area (Å²) in [5.74, 6) is -0.884. The summed E-state index contributed by atoms with van der Waals surface area (Å²) in [4.78, 5) is 30.4. The lowest BCUT2D eigenvalue weighted by atomic mass is 10.1. The Morgan fingerprint density at radius 3 is 2.62 bits per heavy atom. The predicted molar refractivity (Wildman–Crippen MR) is 95.8 cm³/mol. The number of hydrogen-bond acceptors (Lipinski definition) is 5. The minimum atomic E-state index is -1.11. The van der Waals surface area contributed by atoms with Crippen LogP contribution in [0.4, 0.5) is 5.13 Å². The Labute approximate surface area is 153 Å². The fraction of sp³-hybridized carbons (Fsp3) is 0.438. The molecule has 1 atom stereocenters. The molecule has 1 heterocycles. The first-order valence-corrected chi connectivity index (χ1v) is 9.07. The largest absolute Gasteiger partial charge is 0.455 e. The summed E-state index contributed by atoms with van der Waals surface area (Å²) >= 11 is 13.3. The van der Waals surface area contributed by atoms with Gasteiger partial charge in [0.1, 0.15) is 9.75 Å². The first kappa shape index (κ1) is 17.5. The van der Waals surface area contributed by atoms with Gasteiger partial charge in [0.05, 0.1) is 10.2 Å². The normalized spacial score (nSPS) is 21.5. The molecule has 5 nitrogen and oxygen atoms in total. The van der Waals surface area contributed by atoms with Crippen LogP contribution in [0.2, 0.25) is 0 Å². The van der Waals surface area contributed by atoms with Crippen LogP contribution in [0.5, 0.6) is 0 Å². The lowest BCUT2D eigenvalue weighted by molar-refractivity contribution is -0.152. The molecular formula is C16H16Cl2N2O3S. The lowest BCUT2D eigenvalue weighted by Gasteiger charge is -2.18. The van der Waals surface area contributed by atoms with Crippen molar-refractivity contribution in [1.29, 1.82) is 0 Å². The van der Waals surface area contributed by atoms with E-state index in [-0.39, 0.29) is 12.5 Å². The number of amides is 1. The predicted octanol–water partition coefficient (Wildman–Crippen LogP) is 3.78. The number of carbonyl (C=O) groups excluding carboxylic acids is 2. The van der Waals surface area contributed by atoms with Crippen molar-refractivity contribution in [3.63, 3.8) is 0 Å². The van der Waals surface area contributed by atoms with Crippen LogP contribution < -0.4 is 4.90 Å². The quantitative estimate of drug-likeness (QED) is 0.579. The molecule has 1 saturated carbocycles. The van der Waals surface area contributed by atoms with E-state index in [0.717, 1.165) is 10.2 Å². The Morgan fingerprint density at radius 2 is 2.04 bits per heavy atom. The Bertz CT molecular complexity index is 774. The molecule has 0 saturated heterocycles. The number of fused-ring (bicyclic) bond motifs is 1. The number of alkyl halides is 2. The summed E-state index contributed by atoms with van der Waals surface area (Å²) in [5.41, 5.74) is -0.108. The topological polar surface area (TPSA) is 59.5 Å². The molecule has 2 aromatic rings. The van der Waals surface area contributed by atoms with Gasteiger partial charge in [0, 0.05) is 13.0 Å². The molecule has 8 heteroatoms. The van der Waals surface area contributed by atoms with Gasteiger partial charge in [-0.2, -0.15) is 0 Å². The average molecular weight is 387 g/mol. The molecule has 0 aliphatic heterocycles. The first-order valence-electron chi connectivity index (χ1n) is 7.49. The van der Waals surface area contributed by atoms with Crippen molar-refractivity contribution < 1.29 is 14.3 Å². The van der Waals surface area contributed by atoms with Gasteiger partial charge in [-0.1, -0.05) is 23.5 Å². The van der Waals surface area contributed by atoms with Gasteiger partial charge in [-0.05, 0) is 26.0 Å². The third kappa shape index (κ3) is 2.98. The fourth-order valence-electron chi connectivity index (χ4n) is 2.38. The molecule has 0 spiro atoms. The highest BCUT2D eigenvalue weighted by Gasteiger charge is 2.69. The second kappa shape index (κ2) is 6.17. The first-order chi connectivity index (χ1) is 11.3. The monoisotopic (exact) mass is 386 g/mol. The van der Waals surface area contributed by atoms with Gasteiger partial charge in [-0.15, -0.1) is 23.2 Å². The van der Waals surface area contributed by atoms with Gasteiger partial charge in [-0.3, -0.25) is 14.5 Å². The molecule has 1 amide bonds. The number of para-hydroxylation sites is 1. The van der Waals surface area contributed by atoms with Crippen LogP contribution >= 0.6 is 34.5 Å². The molecule has 1 aliphatic rings. The standard InChI is InChI=1S/C16H16Cl2N2O3S/c1-3-20(14-19-10-6-4-5-7-11(10)24-14)12(21)8-23-13(22)15(2)9-16(15,17)18/h4-7H,3,8-9H2,1-2H3/t15-/m1/s1. The minimum absolute atomic E-state index is 0.325. The molecule has 3 rings (SSSR count). The number of esters is 1. The molecule has 0 N–H and O–H groups in total. The SMILES string of the molecule is CCN(C(=O)COC(=O)[C@@]1(C)CC1(Cl)Cl)c1nc2ccccc2s1. The summed E-state index contributed by atoms with van der Waals surface area (Å²) in [6.07, 6.45) is 0.325. The number of benzene rings is 1. The van der Waals surface area contributed by atoms with Crippen molar-refractivity contribution in [2.24, 2.45) is 5.41 Å². The number of nitrogens with zero attached hydrogens (tertiary/aromatic N) is 2. The van der Waals surface area contributed by atoms with Gasteiger partial charge in [0.15, 0.2) is 11.7 Å². The second-order valence-electron chi connectivity index (χ2n) is 5.89. The van der Waals surface area contributed by atoms with Crippen molar-refractivity contribution in [2.45, 2.75) is 24.6 Å². The van der Waals surface area contributed by atoms with Crippen LogP contribution in [0.25, 0.3) is 10.2 Å². The summed E-state index contributed by atoms with van der Waals surface area (Å²) < 4.78 is 5.01. The van der Waals surface area contributed by atoms with E-state index in [0.29, 0.717) is 18.1 Å². The van der Waals surface area contributed by atoms with E-state index < -0.39 is 15.7 Å². The van der Waals surface area contributed by atoms with Crippen LogP contribution in [0.3, 0.4) is 0 Å². The number of carbonyl (C=O) groups is 2. The van der Waals surface area contributed by atoms with Crippen molar-refractivity contribution in [1.82, 2.24) is 4.98 Å². The number of aromatic nitrogens is 1. The van der Waals surface area contributed by atoms with Crippen molar-refractivity contribution in [3.8, 4) is 0 Å². The van der Waals surface area contributed by atoms with Gasteiger partial charge < -0.3 is 4.74 Å². The smallest absolute Gasteiger partial charge is 0.315 e. The highest BCUT2D eigenvalue weighted by molar-refractivity contribution is 7.22. The van der Waals surface area contributed by atoms with Gasteiger partial charge in [0.25, 0.3) is 5.91 Å². The van der Waals surface area contributed by atoms with E-state index in [1.807, 2.05) is 31.2 Å². The van der Waals surface area contributed by atoms with Crippen LogP contribution in [-0.2, 0) is 14.3 Å². The van der Waals surface area contributed by atoms with E-state index >= 15 is 0 Å². The number of ether oxygens (including phenoxy) is 1. The number of halogens is 2. The Hall–Kier alpha value is -1.37. The van der Waals surface area contributed by atoms with E-state index in [4.69, 9.17) is 27.9 Å². The molecular weight excluding hydrogens is 371 g/mol. The van der Waals surface area contributed by atoms with Gasteiger partial charge in [-0.25, -0.2) is 4.98 Å². The molecule has 0 bridgehead atoms. The zero-order chi connectivity index (χ0) is 17.5. The van der Waals surface area contributed by atoms with E-state index in [2.05, 4.69) is 4.98 Å². The molecule has 1 aliphatic carbocycles. The number of anilines is 1. The van der Waals surface area contributed by atoms with Crippen LogP contribution in [0.1, 0.15) is 20.3 Å². The number of hydrogen-bond donors (Lipinski definition) is 0. The summed E-state index contributed by atoms with van der Waals surface area (Å²) in [5, 5.41) is 0.585. The third-order valence-electron chi connectivity index (χ3n) is 4.17. The molecule has 1 aromatic heterocycles. The zero-order valence-corrected chi connectivity index (χ0v) is 15.5. The van der Waals surface area contributed by atoms with Crippen molar-refractivity contribution >= 4 is 61.8 Å². The second-order valence-corrected chi connectivity index (χ2v) is 8.38. The Morgan fingerprint density at radius 1 is 1.38 bits per heavy atom. The summed E-state index contributed by atoms with van der Waals surface area (Å²) in [6, 6.07) is 7.66. The summed E-state index contributed by atoms with van der Waals surface area (Å²) in [7, 11) is 0. The maximum absolute atomic E-state index is 12.4. The Kier molecular flexibility index (Phi) is 4.49. The molecule has 0 unspecified atom stereocenters. The minimum Gasteiger partial charge on any atom is -0.455 e. The highest BCUT2D eigenvalue weighted by Crippen LogP contribution is 2.64. The van der Waals surface area contributed by atoms with Crippen molar-refractivity contribution in [2.75, 3.05) is 18.1 Å². The van der Waals surface area contributed by atoms with Crippen LogP contribution in [0, 0.1) is 5.41 Å². The van der Waals surface area contributed by atoms with E-state index in [1.165, 1.54) is 16.2 Å². The van der Waals surface area contributed by atoms with Crippen LogP contribution in [-0.4, -0.2) is 34.3 Å². The fourth-order valence-corrected chi connectivity index (χ4v) is 4.12. The average Bonchev–Trinajstić information content (AvgIpc) is 2.89. The maximum atomic E-state index is 12.4. The number of thiazole rings is 1. The molecule has 1 aromatic carbocycles. The third-order valence-corrected chi connectivity index (χ3v) is 6.33. The van der Waals surface area contributed by atoms with Gasteiger partial charge >= 0.3 is 5.97 Å². The molecule has 0 radical (unpaired) electrons. The van der Waals surface area contributed by atoms with E-state index in [9.17, 15) is 9.59 Å². The summed E-state index contributed by atoms with van der Waals surface area (Å²) in [6.45, 7) is 3.55. The molecule has 1 fully saturated rings. The van der Waals surface area contributed by atoms with Gasteiger partial charge in [0.2, 0.25) is 0 Å². The van der Waals surface area contributed by atoms with Crippen molar-refractivity contribution in [3.05, 3.63) is 24.3 Å². The Balaban J connectivity index is 1.67. The lowest BCUT2D eigenvalue weighted by Crippen LogP contribution is -2.35. The molecule has 128 valence electrons. The maximum Gasteiger partial charge on any atom is 0.315 e. The van der Waals surface area contributed by atoms with E-state index in [1.54, 1.807) is 6.92 Å². The number of rotatable bonds is 5. The molecule has 24 heavy (non-hydrogen) atoms. The number of likely N-dealkylation sites (N-methyl/N-ethyl adjacent to an activating group) is 1.